The number of quaternary nitrogens is 2. The molecule has 20 heavy (non-hydrogen) atoms. The van der Waals surface area contributed by atoms with Crippen molar-refractivity contribution in [2.24, 2.45) is 0 Å². The predicted octanol–water partition coefficient (Wildman–Crippen LogP) is -1.54. The van der Waals surface area contributed by atoms with Crippen molar-refractivity contribution in [1.82, 2.24) is 0 Å². The van der Waals surface area contributed by atoms with E-state index < -0.39 is 0 Å². The van der Waals surface area contributed by atoms with Crippen LogP contribution in [0, 0.1) is 13.8 Å². The Morgan fingerprint density at radius 3 is 2.60 bits per heavy atom. The summed E-state index contributed by atoms with van der Waals surface area (Å²) in [5.41, 5.74) is 2.31. The Labute approximate surface area is 122 Å². The number of ether oxygens (including phenoxy) is 1. The summed E-state index contributed by atoms with van der Waals surface area (Å²) in [5, 5.41) is 10.1. The first-order valence-electron chi connectivity index (χ1n) is 7.57. The zero-order valence-corrected chi connectivity index (χ0v) is 12.9. The summed E-state index contributed by atoms with van der Waals surface area (Å²) in [7, 11) is 2.23. The Hall–Kier alpha value is -1.10. The zero-order chi connectivity index (χ0) is 14.5. The molecule has 1 aliphatic heterocycles. The molecular weight excluding hydrogens is 252 g/mol. The summed E-state index contributed by atoms with van der Waals surface area (Å²) in [6, 6.07) is 6.18. The van der Waals surface area contributed by atoms with Crippen LogP contribution in [0.15, 0.2) is 18.2 Å². The second-order valence-corrected chi connectivity index (χ2v) is 6.15. The lowest BCUT2D eigenvalue weighted by Crippen LogP contribution is -3.27. The van der Waals surface area contributed by atoms with Crippen molar-refractivity contribution >= 4 is 0 Å². The Morgan fingerprint density at radius 1 is 1.20 bits per heavy atom. The summed E-state index contributed by atoms with van der Waals surface area (Å²) in [5.74, 6) is 0.891. The van der Waals surface area contributed by atoms with Gasteiger partial charge in [-0.05, 0) is 31.0 Å². The van der Waals surface area contributed by atoms with Gasteiger partial charge in [0.1, 0.15) is 51.2 Å². The molecule has 0 aliphatic carbocycles. The number of likely N-dealkylation sites (N-methyl/N-ethyl adjacent to an activating group) is 1. The number of aliphatic hydroxyl groups is 1. The van der Waals surface area contributed by atoms with E-state index in [0.717, 1.165) is 30.9 Å². The molecule has 0 radical (unpaired) electrons. The van der Waals surface area contributed by atoms with Crippen LogP contribution in [0.4, 0.5) is 0 Å². The molecule has 1 unspecified atom stereocenters. The van der Waals surface area contributed by atoms with Gasteiger partial charge in [0.2, 0.25) is 0 Å². The highest BCUT2D eigenvalue weighted by molar-refractivity contribution is 5.35. The summed E-state index contributed by atoms with van der Waals surface area (Å²) < 4.78 is 5.77. The van der Waals surface area contributed by atoms with Crippen LogP contribution in [0.3, 0.4) is 0 Å². The Balaban J connectivity index is 1.77. The van der Waals surface area contributed by atoms with E-state index in [1.165, 1.54) is 23.6 Å². The first kappa shape index (κ1) is 15.3. The van der Waals surface area contributed by atoms with Gasteiger partial charge in [-0.15, -0.1) is 0 Å². The molecule has 1 aromatic carbocycles. The molecule has 0 bridgehead atoms. The molecule has 0 spiro atoms. The molecule has 0 aromatic heterocycles. The quantitative estimate of drug-likeness (QED) is 0.611. The third-order valence-corrected chi connectivity index (χ3v) is 4.11. The smallest absolute Gasteiger partial charge is 0.137 e. The number of hydrogen-bond acceptors (Lipinski definition) is 2. The molecule has 1 fully saturated rings. The highest BCUT2D eigenvalue weighted by Gasteiger charge is 2.22. The molecule has 2 rings (SSSR count). The number of nitrogens with one attached hydrogen (secondary N) is 2. The predicted molar refractivity (Wildman–Crippen MR) is 79.6 cm³/mol. The van der Waals surface area contributed by atoms with Crippen molar-refractivity contribution in [1.29, 1.82) is 0 Å². The Kier molecular flexibility index (Phi) is 5.40. The van der Waals surface area contributed by atoms with Crippen LogP contribution in [-0.4, -0.2) is 57.6 Å². The molecule has 1 aromatic rings. The first-order chi connectivity index (χ1) is 9.54. The van der Waals surface area contributed by atoms with E-state index in [1.807, 2.05) is 13.0 Å². The van der Waals surface area contributed by atoms with E-state index in [-0.39, 0.29) is 6.10 Å². The van der Waals surface area contributed by atoms with Crippen molar-refractivity contribution in [3.05, 3.63) is 29.3 Å². The SMILES string of the molecule is Cc1ccc(C)c(OCC(O)C[NH+]2CC[NH+](C)CC2)c1. The van der Waals surface area contributed by atoms with Crippen LogP contribution >= 0.6 is 0 Å². The van der Waals surface area contributed by atoms with Gasteiger partial charge in [0, 0.05) is 0 Å². The monoisotopic (exact) mass is 280 g/mol. The third kappa shape index (κ3) is 4.47. The largest absolute Gasteiger partial charge is 0.490 e. The number of aliphatic hydroxyl groups excluding tert-OH is 1. The molecule has 0 saturated carbocycles. The lowest BCUT2D eigenvalue weighted by atomic mass is 10.1. The maximum absolute atomic E-state index is 10.1. The van der Waals surface area contributed by atoms with Crippen molar-refractivity contribution < 1.29 is 19.6 Å². The second kappa shape index (κ2) is 7.07. The summed E-state index contributed by atoms with van der Waals surface area (Å²) in [6.07, 6.45) is -0.386. The van der Waals surface area contributed by atoms with Gasteiger partial charge in [-0.3, -0.25) is 0 Å². The minimum atomic E-state index is -0.386. The average molecular weight is 280 g/mol. The number of aryl methyl sites for hydroxylation is 2. The van der Waals surface area contributed by atoms with E-state index in [9.17, 15) is 5.11 Å². The third-order valence-electron chi connectivity index (χ3n) is 4.11. The topological polar surface area (TPSA) is 38.3 Å². The van der Waals surface area contributed by atoms with E-state index in [0.29, 0.717) is 6.61 Å². The number of piperazine rings is 1. The minimum absolute atomic E-state index is 0.385. The molecule has 1 aliphatic rings. The van der Waals surface area contributed by atoms with Crippen LogP contribution in [0.1, 0.15) is 11.1 Å². The Bertz CT molecular complexity index is 428. The first-order valence-corrected chi connectivity index (χ1v) is 7.57. The van der Waals surface area contributed by atoms with Crippen molar-refractivity contribution in [2.45, 2.75) is 20.0 Å². The summed E-state index contributed by atoms with van der Waals surface area (Å²) in [6.45, 7) is 9.95. The highest BCUT2D eigenvalue weighted by atomic mass is 16.5. The Morgan fingerprint density at radius 2 is 1.90 bits per heavy atom. The second-order valence-electron chi connectivity index (χ2n) is 6.15. The molecule has 0 amide bonds. The van der Waals surface area contributed by atoms with E-state index in [2.05, 4.69) is 26.1 Å². The van der Waals surface area contributed by atoms with Crippen molar-refractivity contribution in [3.8, 4) is 5.75 Å². The normalized spacial score (nSPS) is 24.4. The number of rotatable bonds is 5. The van der Waals surface area contributed by atoms with Crippen LogP contribution in [0.5, 0.6) is 5.75 Å². The lowest BCUT2D eigenvalue weighted by molar-refractivity contribution is -1.00. The molecular formula is C16H28N2O2+2. The number of hydrogen-bond donors (Lipinski definition) is 3. The molecule has 1 saturated heterocycles. The molecule has 1 heterocycles. The minimum Gasteiger partial charge on any atom is -0.490 e. The van der Waals surface area contributed by atoms with Gasteiger partial charge in [0.05, 0.1) is 7.05 Å². The van der Waals surface area contributed by atoms with Gasteiger partial charge >= 0.3 is 0 Å². The lowest BCUT2D eigenvalue weighted by Gasteiger charge is -2.28. The standard InChI is InChI=1S/C16H26N2O2/c1-13-4-5-14(2)16(10-13)20-12-15(19)11-18-8-6-17(3)7-9-18/h4-5,10,15,19H,6-9,11-12H2,1-3H3/p+2. The van der Waals surface area contributed by atoms with Gasteiger partial charge in [-0.25, -0.2) is 0 Å². The zero-order valence-electron chi connectivity index (χ0n) is 12.9. The molecule has 4 nitrogen and oxygen atoms in total. The van der Waals surface area contributed by atoms with Crippen LogP contribution in [0.25, 0.3) is 0 Å². The number of benzene rings is 1. The summed E-state index contributed by atoms with van der Waals surface area (Å²) >= 11 is 0. The molecule has 3 N–H and O–H groups in total. The van der Waals surface area contributed by atoms with Gasteiger partial charge < -0.3 is 19.6 Å². The maximum atomic E-state index is 10.1. The van der Waals surface area contributed by atoms with Gasteiger partial charge in [0.15, 0.2) is 0 Å². The molecule has 4 heteroatoms. The van der Waals surface area contributed by atoms with E-state index in [1.54, 1.807) is 4.90 Å². The van der Waals surface area contributed by atoms with Crippen molar-refractivity contribution in [2.75, 3.05) is 46.4 Å². The van der Waals surface area contributed by atoms with Crippen LogP contribution < -0.4 is 14.5 Å². The maximum Gasteiger partial charge on any atom is 0.137 e. The van der Waals surface area contributed by atoms with Crippen LogP contribution in [-0.2, 0) is 0 Å². The van der Waals surface area contributed by atoms with Gasteiger partial charge in [-0.1, -0.05) is 12.1 Å². The fourth-order valence-electron chi connectivity index (χ4n) is 2.68. The van der Waals surface area contributed by atoms with E-state index in [4.69, 9.17) is 4.74 Å². The van der Waals surface area contributed by atoms with Gasteiger partial charge in [0.25, 0.3) is 0 Å². The van der Waals surface area contributed by atoms with Crippen LogP contribution in [0.2, 0.25) is 0 Å². The van der Waals surface area contributed by atoms with Crippen molar-refractivity contribution in [3.63, 3.8) is 0 Å². The summed E-state index contributed by atoms with van der Waals surface area (Å²) in [4.78, 5) is 3.09. The molecule has 112 valence electrons. The van der Waals surface area contributed by atoms with E-state index >= 15 is 0 Å². The average Bonchev–Trinajstić information content (AvgIpc) is 2.42. The fourth-order valence-corrected chi connectivity index (χ4v) is 2.68. The van der Waals surface area contributed by atoms with Gasteiger partial charge in [-0.2, -0.15) is 0 Å². The fraction of sp³-hybridized carbons (Fsp3) is 0.625. The molecule has 1 atom stereocenters. The highest BCUT2D eigenvalue weighted by Crippen LogP contribution is 2.19.